The zero-order chi connectivity index (χ0) is 83.8. The minimum Gasteiger partial charge on any atom is -0.391 e. The smallest absolute Gasteiger partial charge is 0.391 e. The number of ketones is 2. The molecular weight excluding hydrogens is 1600 g/mol. The van der Waals surface area contributed by atoms with Gasteiger partial charge in [0.2, 0.25) is 29.5 Å². The Labute approximate surface area is 708 Å². The number of likely N-dealkylation sites (tertiary alicyclic amines) is 5. The van der Waals surface area contributed by atoms with Gasteiger partial charge >= 0.3 is 15.6 Å². The van der Waals surface area contributed by atoms with Crippen LogP contribution in [0.1, 0.15) is 262 Å². The summed E-state index contributed by atoms with van der Waals surface area (Å²) in [5, 5.41) is 14.0. The summed E-state index contributed by atoms with van der Waals surface area (Å²) in [5.74, 6) is 5.76. The van der Waals surface area contributed by atoms with E-state index >= 15 is 0 Å². The molecule has 0 aromatic heterocycles. The van der Waals surface area contributed by atoms with Crippen molar-refractivity contribution < 1.29 is 94.6 Å². The molecule has 33 heteroatoms. The normalized spacial score (nSPS) is 22.8. The van der Waals surface area contributed by atoms with Crippen molar-refractivity contribution >= 4 is 112 Å². The largest absolute Gasteiger partial charge is 0.472 e. The number of phosphoric ester groups is 2. The molecule has 5 aliphatic heterocycles. The molecule has 26 nitrogen and oxygen atoms in total. The number of β-amino-alcohol motifs (C(OH)–C–C–N with tert-alkyl or cyclic N) is 1. The average molecular weight is 1760 g/mol. The predicted octanol–water partition coefficient (Wildman–Crippen LogP) is 15.4. The van der Waals surface area contributed by atoms with Gasteiger partial charge in [0.1, 0.15) is 11.6 Å². The highest BCUT2D eigenvalue weighted by Gasteiger charge is 2.44. The Balaban J connectivity index is 0.000000891. The van der Waals surface area contributed by atoms with Crippen molar-refractivity contribution in [2.75, 3.05) is 101 Å². The highest BCUT2D eigenvalue weighted by molar-refractivity contribution is 8.77. The third kappa shape index (κ3) is 47.7. The second-order valence-corrected chi connectivity index (χ2v) is 43.1. The molecule has 0 aromatic carbocycles. The molecule has 5 amide bonds. The van der Waals surface area contributed by atoms with E-state index in [1.165, 1.54) is 17.7 Å². The van der Waals surface area contributed by atoms with Crippen LogP contribution in [0.5, 0.6) is 0 Å². The van der Waals surface area contributed by atoms with Gasteiger partial charge in [0.25, 0.3) is 0 Å². The number of Topliss-reactive ketones (excluding diaryl/α,β-unsaturated/α-hetero) is 2. The van der Waals surface area contributed by atoms with E-state index in [2.05, 4.69) is 53.8 Å². The number of thioether (sulfide) groups is 1. The molecule has 5 heterocycles. The summed E-state index contributed by atoms with van der Waals surface area (Å²) in [7, 11) is -2.19. The summed E-state index contributed by atoms with van der Waals surface area (Å²) >= 11 is 1.83. The summed E-state index contributed by atoms with van der Waals surface area (Å²) in [6, 6.07) is -0.938. The van der Waals surface area contributed by atoms with Gasteiger partial charge in [-0.15, -0.1) is 0 Å². The number of aliphatic hydroxyl groups excluding tert-OH is 1. The number of phosphoric acid groups is 2. The molecule has 0 saturated carbocycles. The second-order valence-electron chi connectivity index (χ2n) is 33.3. The molecule has 0 aliphatic carbocycles. The first-order chi connectivity index (χ1) is 52.6. The van der Waals surface area contributed by atoms with E-state index in [0.29, 0.717) is 113 Å². The Morgan fingerprint density at radius 3 is 1.36 bits per heavy atom. The van der Waals surface area contributed by atoms with Gasteiger partial charge in [-0.25, -0.2) is 9.13 Å². The number of rotatable bonds is 53. The lowest BCUT2D eigenvalue weighted by Gasteiger charge is -2.26. The second kappa shape index (κ2) is 59.3. The van der Waals surface area contributed by atoms with Crippen molar-refractivity contribution in [1.29, 1.82) is 0 Å². The molecule has 0 aromatic rings. The molecule has 0 spiro atoms. The Morgan fingerprint density at radius 2 is 0.868 bits per heavy atom. The fraction of sp³-hybridized carbons (Fsp3) is 0.914. The molecule has 114 heavy (non-hydrogen) atoms. The van der Waals surface area contributed by atoms with Crippen LogP contribution in [0.3, 0.4) is 0 Å². The lowest BCUT2D eigenvalue weighted by atomic mass is 10.1. The Hall–Kier alpha value is -1.58. The molecule has 5 aliphatic rings. The van der Waals surface area contributed by atoms with Gasteiger partial charge in [-0.1, -0.05) is 141 Å². The van der Waals surface area contributed by atoms with Crippen molar-refractivity contribution in [3.63, 3.8) is 0 Å². The van der Waals surface area contributed by atoms with Crippen molar-refractivity contribution in [1.82, 2.24) is 29.8 Å². The number of carbonyl (C=O) groups is 7. The van der Waals surface area contributed by atoms with E-state index in [9.17, 15) is 57.6 Å². The first kappa shape index (κ1) is 110. The molecule has 5 fully saturated rings. The lowest BCUT2D eigenvalue weighted by molar-refractivity contribution is -0.135. The fourth-order valence-electron chi connectivity index (χ4n) is 13.5. The number of hydrogen-bond donors (Lipinski definition) is 4. The van der Waals surface area contributed by atoms with E-state index in [1.54, 1.807) is 47.1 Å². The molecule has 12 atom stereocenters. The van der Waals surface area contributed by atoms with E-state index in [0.717, 1.165) is 61.2 Å². The minimum absolute atomic E-state index is 0. The summed E-state index contributed by atoms with van der Waals surface area (Å²) in [6.45, 7) is 42.0. The van der Waals surface area contributed by atoms with Crippen molar-refractivity contribution in [3.8, 4) is 0 Å². The quantitative estimate of drug-likeness (QED) is 0.0250. The maximum absolute atomic E-state index is 13.2. The van der Waals surface area contributed by atoms with E-state index < -0.39 is 40.0 Å². The first-order valence-electron chi connectivity index (χ1n) is 41.5. The Kier molecular flexibility index (Phi) is 57.4. The number of nitrogens with zero attached hydrogens (tertiary/aromatic N) is 5. The molecule has 5 saturated heterocycles. The molecule has 0 bridgehead atoms. The van der Waals surface area contributed by atoms with Crippen LogP contribution in [0, 0.1) is 23.7 Å². The SMILES string of the molecule is C.C.CC(C)CCC(=O)N1C[C@H](C)C[C@H]1COP(=O)(O)O[C@@H]1C[C@@H](COC(C)C)N(C(=O)CCCSC(C)C)C1.CC(C)CCCSSCC(=O)N1C[C@H](OC(C)C)C[C@H]1COC(C)C.CC(C)NCCCC(=O)CCC(=O)N1C[C@H](O)C[C@H]1COP(=O)(O)O[C@@H]1C[C@@H](COC(C)C)N(C(=O)CCCSSCCC(=O)C(C)C)C1. The van der Waals surface area contributed by atoms with Crippen LogP contribution in [0.4, 0.5) is 0 Å². The Morgan fingerprint density at radius 1 is 0.439 bits per heavy atom. The van der Waals surface area contributed by atoms with Crippen LogP contribution in [-0.4, -0.2) is 272 Å². The molecule has 2 unspecified atom stereocenters. The molecule has 0 radical (unpaired) electrons. The maximum atomic E-state index is 13.2. The highest BCUT2D eigenvalue weighted by atomic mass is 33.1. The van der Waals surface area contributed by atoms with Crippen LogP contribution in [0.15, 0.2) is 0 Å². The molecule has 4 N–H and O–H groups in total. The topological polar surface area (TPSA) is 316 Å². The highest BCUT2D eigenvalue weighted by Crippen LogP contribution is 2.49. The van der Waals surface area contributed by atoms with E-state index in [4.69, 9.17) is 37.0 Å². The zero-order valence-electron chi connectivity index (χ0n) is 71.5. The van der Waals surface area contributed by atoms with E-state index in [1.807, 2.05) is 111 Å². The lowest BCUT2D eigenvalue weighted by Crippen LogP contribution is -2.40. The van der Waals surface area contributed by atoms with Crippen molar-refractivity contribution in [2.24, 2.45) is 23.7 Å². The minimum atomic E-state index is -4.58. The van der Waals surface area contributed by atoms with Gasteiger partial charge in [0.15, 0.2) is 0 Å². The van der Waals surface area contributed by atoms with Crippen molar-refractivity contribution in [3.05, 3.63) is 0 Å². The van der Waals surface area contributed by atoms with Gasteiger partial charge in [-0.2, -0.15) is 11.8 Å². The van der Waals surface area contributed by atoms with Gasteiger partial charge in [-0.05, 0) is 155 Å². The zero-order valence-corrected chi connectivity index (χ0v) is 77.3. The predicted molar refractivity (Wildman–Crippen MR) is 469 cm³/mol. The van der Waals surface area contributed by atoms with Gasteiger partial charge in [0, 0.05) is 107 Å². The van der Waals surface area contributed by atoms with Crippen LogP contribution in [0.2, 0.25) is 0 Å². The van der Waals surface area contributed by atoms with Crippen LogP contribution >= 0.6 is 70.6 Å². The summed E-state index contributed by atoms with van der Waals surface area (Å²) < 4.78 is 71.1. The third-order valence-corrected chi connectivity index (χ3v) is 27.4. The average Bonchev–Trinajstić information content (AvgIpc) is 1.67. The monoisotopic (exact) mass is 1750 g/mol. The maximum Gasteiger partial charge on any atom is 0.472 e. The summed E-state index contributed by atoms with van der Waals surface area (Å²) in [6.07, 6.45) is 8.43. The van der Waals surface area contributed by atoms with Crippen LogP contribution < -0.4 is 5.32 Å². The fourth-order valence-corrected chi connectivity index (χ4v) is 20.3. The Bertz CT molecular complexity index is 2820. The van der Waals surface area contributed by atoms with E-state index in [-0.39, 0.29) is 175 Å². The summed E-state index contributed by atoms with van der Waals surface area (Å²) in [5.41, 5.74) is 0. The number of ether oxygens (including phenoxy) is 4. The third-order valence-electron chi connectivity index (χ3n) is 19.3. The van der Waals surface area contributed by atoms with Crippen molar-refractivity contribution in [2.45, 2.75) is 352 Å². The molecule has 670 valence electrons. The molecular formula is C81H156N6O20P2S5. The van der Waals surface area contributed by atoms with Gasteiger partial charge < -0.3 is 63.7 Å². The van der Waals surface area contributed by atoms with Gasteiger partial charge in [-0.3, -0.25) is 51.7 Å². The number of aliphatic hydroxyl groups is 1. The van der Waals surface area contributed by atoms with Crippen LogP contribution in [0.25, 0.3) is 0 Å². The standard InChI is InChI=1S/C33H60N3O10PS2.C27H51N2O7PS.C19H37NO3S2.2CH4/c1-23(2)31(39)13-16-49-48-15-8-10-32(40)36-20-30(18-27(36)21-44-25(5)6)46-47(42,43)45-22-26-17-29(38)19-35(26)33(41)12-11-28(37)9-7-14-34-24(3)4;1-19(2)10-11-27(31)28-15-22(7)13-23(28)18-35-37(32,33)36-25-14-24(17-34-20(3)4)29(16-25)26(30)9-8-12-38-21(5)6;1-14(2)8-7-9-24-25-13-19(21)20-11-18(23-16(5)6)10-17(20)12-22-15(3)4;;/h23-27,29-30,34,38H,7-22H2,1-6H3,(H,42,43);19-25H,8-18H2,1-7H3,(H,32,33);14-18H,7-13H2,1-6H3;2*1H4/t26-,27-,29+,30+;22-,23+,24+,25-;17-,18+;;/m010../s1. The number of carbonyl (C=O) groups excluding carboxylic acids is 7. The first-order valence-corrected chi connectivity index (χ1v) is 50.5. The number of amides is 5. The number of hydrogen-bond acceptors (Lipinski definition) is 24. The van der Waals surface area contributed by atoms with Crippen LogP contribution in [-0.2, 0) is 79.7 Å². The summed E-state index contributed by atoms with van der Waals surface area (Å²) in [4.78, 5) is 118. The molecule has 5 rings (SSSR count). The van der Waals surface area contributed by atoms with Gasteiger partial charge in [0.05, 0.1) is 118 Å². The number of nitrogens with one attached hydrogen (secondary N) is 1.